The Balaban J connectivity index is 1.77. The van der Waals surface area contributed by atoms with Gasteiger partial charge in [-0.15, -0.1) is 0 Å². The van der Waals surface area contributed by atoms with Crippen molar-refractivity contribution in [2.45, 2.75) is 0 Å². The second-order valence-electron chi connectivity index (χ2n) is 5.75. The third kappa shape index (κ3) is 2.76. The predicted molar refractivity (Wildman–Crippen MR) is 90.8 cm³/mol. The predicted octanol–water partition coefficient (Wildman–Crippen LogP) is 2.40. The van der Waals surface area contributed by atoms with E-state index in [2.05, 4.69) is 15.2 Å². The average molecular weight is 325 g/mol. The van der Waals surface area contributed by atoms with Crippen LogP contribution >= 0.6 is 0 Å². The number of nitrogens with zero attached hydrogens (tertiary/aromatic N) is 2. The highest BCUT2D eigenvalue weighted by atomic mass is 19.1. The molecule has 0 bridgehead atoms. The van der Waals surface area contributed by atoms with Gasteiger partial charge in [0.25, 0.3) is 0 Å². The molecule has 122 valence electrons. The maximum absolute atomic E-state index is 13.3. The van der Waals surface area contributed by atoms with Crippen LogP contribution < -0.4 is 15.8 Å². The quantitative estimate of drug-likeness (QED) is 0.579. The molecule has 0 aliphatic carbocycles. The van der Waals surface area contributed by atoms with Gasteiger partial charge < -0.3 is 14.6 Å². The first-order valence-electron chi connectivity index (χ1n) is 7.87. The number of benzene rings is 1. The Hall–Kier alpha value is -2.73. The number of hydrogen-bond acceptors (Lipinski definition) is 5. The fourth-order valence-electron chi connectivity index (χ4n) is 2.96. The SMILES string of the molecule is O=c1oc2cc(N3CCNCC3)ccc2cc1-c1cccc(F)n1. The first-order chi connectivity index (χ1) is 11.7. The summed E-state index contributed by atoms with van der Waals surface area (Å²) in [7, 11) is 0. The van der Waals surface area contributed by atoms with E-state index < -0.39 is 11.6 Å². The van der Waals surface area contributed by atoms with E-state index in [-0.39, 0.29) is 11.3 Å². The molecular formula is C18H16FN3O2. The molecule has 1 fully saturated rings. The van der Waals surface area contributed by atoms with Crippen LogP contribution in [-0.2, 0) is 0 Å². The third-order valence-corrected chi connectivity index (χ3v) is 4.19. The first-order valence-corrected chi connectivity index (χ1v) is 7.87. The highest BCUT2D eigenvalue weighted by Crippen LogP contribution is 2.24. The number of anilines is 1. The molecular weight excluding hydrogens is 309 g/mol. The van der Waals surface area contributed by atoms with Crippen molar-refractivity contribution in [2.75, 3.05) is 31.1 Å². The van der Waals surface area contributed by atoms with Crippen molar-refractivity contribution in [1.29, 1.82) is 0 Å². The number of halogens is 1. The monoisotopic (exact) mass is 325 g/mol. The Morgan fingerprint density at radius 3 is 2.75 bits per heavy atom. The van der Waals surface area contributed by atoms with E-state index in [1.807, 2.05) is 18.2 Å². The van der Waals surface area contributed by atoms with Crippen molar-refractivity contribution in [3.05, 3.63) is 58.8 Å². The maximum Gasteiger partial charge on any atom is 0.345 e. The second kappa shape index (κ2) is 6.05. The molecule has 0 saturated carbocycles. The van der Waals surface area contributed by atoms with Crippen molar-refractivity contribution in [1.82, 2.24) is 10.3 Å². The van der Waals surface area contributed by atoms with Crippen molar-refractivity contribution in [2.24, 2.45) is 0 Å². The summed E-state index contributed by atoms with van der Waals surface area (Å²) in [5.74, 6) is -0.624. The molecule has 3 heterocycles. The number of hydrogen-bond donors (Lipinski definition) is 1. The molecule has 1 aliphatic rings. The van der Waals surface area contributed by atoms with Crippen LogP contribution in [0, 0.1) is 5.95 Å². The fraction of sp³-hybridized carbons (Fsp3) is 0.222. The Bertz CT molecular complexity index is 948. The zero-order chi connectivity index (χ0) is 16.5. The van der Waals surface area contributed by atoms with E-state index in [1.165, 1.54) is 12.1 Å². The molecule has 1 saturated heterocycles. The van der Waals surface area contributed by atoms with Crippen LogP contribution in [0.1, 0.15) is 0 Å². The summed E-state index contributed by atoms with van der Waals surface area (Å²) in [6, 6.07) is 11.9. The minimum atomic E-state index is -0.624. The van der Waals surface area contributed by atoms with E-state index in [1.54, 1.807) is 12.1 Å². The van der Waals surface area contributed by atoms with E-state index in [0.29, 0.717) is 5.58 Å². The smallest absolute Gasteiger partial charge is 0.345 e. The Morgan fingerprint density at radius 1 is 1.12 bits per heavy atom. The lowest BCUT2D eigenvalue weighted by atomic mass is 10.1. The van der Waals surface area contributed by atoms with Gasteiger partial charge in [0, 0.05) is 43.3 Å². The van der Waals surface area contributed by atoms with Gasteiger partial charge in [0.1, 0.15) is 5.58 Å². The molecule has 1 N–H and O–H groups in total. The van der Waals surface area contributed by atoms with Crippen LogP contribution in [0.3, 0.4) is 0 Å². The van der Waals surface area contributed by atoms with Gasteiger partial charge >= 0.3 is 5.63 Å². The molecule has 6 heteroatoms. The Morgan fingerprint density at radius 2 is 1.96 bits per heavy atom. The zero-order valence-corrected chi connectivity index (χ0v) is 13.0. The number of piperazine rings is 1. The van der Waals surface area contributed by atoms with Crippen LogP contribution in [0.5, 0.6) is 0 Å². The molecule has 1 aliphatic heterocycles. The molecule has 5 nitrogen and oxygen atoms in total. The Labute approximate surface area is 137 Å². The largest absolute Gasteiger partial charge is 0.422 e. The Kier molecular flexibility index (Phi) is 3.74. The summed E-state index contributed by atoms with van der Waals surface area (Å²) >= 11 is 0. The number of fused-ring (bicyclic) bond motifs is 1. The summed E-state index contributed by atoms with van der Waals surface area (Å²) < 4.78 is 18.8. The van der Waals surface area contributed by atoms with Crippen LogP contribution in [0.2, 0.25) is 0 Å². The normalized spacial score (nSPS) is 15.0. The van der Waals surface area contributed by atoms with Gasteiger partial charge in [-0.05, 0) is 30.3 Å². The van der Waals surface area contributed by atoms with Crippen molar-refractivity contribution in [3.8, 4) is 11.3 Å². The lowest BCUT2D eigenvalue weighted by molar-refractivity contribution is 0.559. The van der Waals surface area contributed by atoms with Crippen molar-refractivity contribution >= 4 is 16.7 Å². The molecule has 4 rings (SSSR count). The van der Waals surface area contributed by atoms with Crippen LogP contribution in [0.4, 0.5) is 10.1 Å². The minimum absolute atomic E-state index is 0.261. The summed E-state index contributed by atoms with van der Waals surface area (Å²) in [6.45, 7) is 3.71. The van der Waals surface area contributed by atoms with Crippen LogP contribution in [-0.4, -0.2) is 31.2 Å². The summed E-state index contributed by atoms with van der Waals surface area (Å²) in [5.41, 5.74) is 1.58. The zero-order valence-electron chi connectivity index (χ0n) is 13.0. The van der Waals surface area contributed by atoms with Gasteiger partial charge in [-0.2, -0.15) is 4.39 Å². The van der Waals surface area contributed by atoms with Gasteiger partial charge in [0.2, 0.25) is 5.95 Å². The highest BCUT2D eigenvalue weighted by molar-refractivity contribution is 5.84. The second-order valence-corrected chi connectivity index (χ2v) is 5.75. The summed E-state index contributed by atoms with van der Waals surface area (Å²) in [5, 5.41) is 4.09. The van der Waals surface area contributed by atoms with Gasteiger partial charge in [0.05, 0.1) is 11.3 Å². The van der Waals surface area contributed by atoms with Crippen LogP contribution in [0.25, 0.3) is 22.2 Å². The summed E-state index contributed by atoms with van der Waals surface area (Å²) in [4.78, 5) is 18.3. The number of aromatic nitrogens is 1. The third-order valence-electron chi connectivity index (χ3n) is 4.19. The molecule has 3 aromatic rings. The number of rotatable bonds is 2. The molecule has 0 amide bonds. The van der Waals surface area contributed by atoms with E-state index in [4.69, 9.17) is 4.42 Å². The van der Waals surface area contributed by atoms with Crippen molar-refractivity contribution < 1.29 is 8.81 Å². The molecule has 1 aromatic carbocycles. The summed E-state index contributed by atoms with van der Waals surface area (Å²) in [6.07, 6.45) is 0. The van der Waals surface area contributed by atoms with Crippen molar-refractivity contribution in [3.63, 3.8) is 0 Å². The molecule has 0 spiro atoms. The molecule has 0 atom stereocenters. The molecule has 0 unspecified atom stereocenters. The maximum atomic E-state index is 13.3. The average Bonchev–Trinajstić information content (AvgIpc) is 2.61. The lowest BCUT2D eigenvalue weighted by Crippen LogP contribution is -2.43. The molecule has 0 radical (unpaired) electrons. The van der Waals surface area contributed by atoms with Gasteiger partial charge in [-0.1, -0.05) is 6.07 Å². The fourth-order valence-corrected chi connectivity index (χ4v) is 2.96. The van der Waals surface area contributed by atoms with E-state index in [0.717, 1.165) is 37.3 Å². The number of nitrogens with one attached hydrogen (secondary N) is 1. The van der Waals surface area contributed by atoms with E-state index >= 15 is 0 Å². The van der Waals surface area contributed by atoms with Gasteiger partial charge in [-0.25, -0.2) is 9.78 Å². The minimum Gasteiger partial charge on any atom is -0.422 e. The number of pyridine rings is 1. The van der Waals surface area contributed by atoms with Gasteiger partial charge in [0.15, 0.2) is 0 Å². The molecule has 2 aromatic heterocycles. The van der Waals surface area contributed by atoms with Crippen LogP contribution in [0.15, 0.2) is 51.7 Å². The van der Waals surface area contributed by atoms with Gasteiger partial charge in [-0.3, -0.25) is 0 Å². The lowest BCUT2D eigenvalue weighted by Gasteiger charge is -2.29. The molecule has 24 heavy (non-hydrogen) atoms. The van der Waals surface area contributed by atoms with E-state index in [9.17, 15) is 9.18 Å². The highest BCUT2D eigenvalue weighted by Gasteiger charge is 2.13. The standard InChI is InChI=1S/C18H16FN3O2/c19-17-3-1-2-15(21-17)14-10-12-4-5-13(11-16(12)24-18(14)23)22-8-6-20-7-9-22/h1-5,10-11,20H,6-9H2. The first kappa shape index (κ1) is 14.8. The topological polar surface area (TPSA) is 58.4 Å².